The van der Waals surface area contributed by atoms with Crippen molar-refractivity contribution in [3.05, 3.63) is 64.7 Å². The van der Waals surface area contributed by atoms with E-state index < -0.39 is 0 Å². The van der Waals surface area contributed by atoms with Gasteiger partial charge in [0.05, 0.1) is 7.11 Å². The molecule has 0 aromatic heterocycles. The quantitative estimate of drug-likeness (QED) is 0.749. The molecule has 5 heteroatoms. The van der Waals surface area contributed by atoms with E-state index in [0.717, 1.165) is 36.7 Å². The van der Waals surface area contributed by atoms with E-state index in [1.807, 2.05) is 36.4 Å². The molecule has 2 aromatic rings. The number of ether oxygens (including phenoxy) is 1. The average molecular weight is 349 g/mol. The summed E-state index contributed by atoms with van der Waals surface area (Å²) in [6.45, 7) is 1.57. The third kappa shape index (κ3) is 6.47. The number of hydrogen-bond donors (Lipinski definition) is 2. The summed E-state index contributed by atoms with van der Waals surface area (Å²) < 4.78 is 5.22. The van der Waals surface area contributed by atoms with Crippen molar-refractivity contribution in [2.45, 2.75) is 12.8 Å². The Morgan fingerprint density at radius 2 is 1.61 bits per heavy atom. The van der Waals surface area contributed by atoms with E-state index in [-0.39, 0.29) is 0 Å². The maximum Gasteiger partial charge on any atom is 0.166 e. The van der Waals surface area contributed by atoms with Crippen molar-refractivity contribution in [1.29, 1.82) is 0 Å². The van der Waals surface area contributed by atoms with Gasteiger partial charge < -0.3 is 15.4 Å². The van der Waals surface area contributed by atoms with Gasteiger partial charge in [-0.05, 0) is 60.5 Å². The molecular formula is C18H21ClN2OS. The Labute approximate surface area is 148 Å². The predicted octanol–water partition coefficient (Wildman–Crippen LogP) is 3.60. The molecule has 0 saturated heterocycles. The van der Waals surface area contributed by atoms with Crippen LogP contribution in [0.4, 0.5) is 0 Å². The Bertz CT molecular complexity index is 648. The SMILES string of the molecule is COc1cccc(CCNC(=S)NCCc2cccc(Cl)c2)c1. The fraction of sp³-hybridized carbons (Fsp3) is 0.278. The van der Waals surface area contributed by atoms with Crippen molar-refractivity contribution in [2.24, 2.45) is 0 Å². The summed E-state index contributed by atoms with van der Waals surface area (Å²) in [6, 6.07) is 15.9. The zero-order valence-corrected chi connectivity index (χ0v) is 14.7. The molecule has 2 rings (SSSR count). The summed E-state index contributed by atoms with van der Waals surface area (Å²) in [7, 11) is 1.68. The van der Waals surface area contributed by atoms with E-state index in [4.69, 9.17) is 28.6 Å². The van der Waals surface area contributed by atoms with E-state index in [1.54, 1.807) is 7.11 Å². The molecule has 0 aliphatic heterocycles. The topological polar surface area (TPSA) is 33.3 Å². The van der Waals surface area contributed by atoms with Crippen LogP contribution in [0.2, 0.25) is 5.02 Å². The van der Waals surface area contributed by atoms with Crippen LogP contribution in [0.15, 0.2) is 48.5 Å². The average Bonchev–Trinajstić information content (AvgIpc) is 2.55. The Kier molecular flexibility index (Phi) is 7.17. The Morgan fingerprint density at radius 1 is 1.00 bits per heavy atom. The molecule has 0 fully saturated rings. The van der Waals surface area contributed by atoms with Gasteiger partial charge in [-0.3, -0.25) is 0 Å². The van der Waals surface area contributed by atoms with Crippen molar-refractivity contribution >= 4 is 28.9 Å². The molecular weight excluding hydrogens is 328 g/mol. The summed E-state index contributed by atoms with van der Waals surface area (Å²) >= 11 is 11.3. The molecule has 0 bridgehead atoms. The van der Waals surface area contributed by atoms with Gasteiger partial charge in [-0.25, -0.2) is 0 Å². The summed E-state index contributed by atoms with van der Waals surface area (Å²) in [6.07, 6.45) is 1.78. The van der Waals surface area contributed by atoms with Gasteiger partial charge in [0.1, 0.15) is 5.75 Å². The van der Waals surface area contributed by atoms with Gasteiger partial charge in [0, 0.05) is 18.1 Å². The minimum atomic E-state index is 0.676. The zero-order valence-electron chi connectivity index (χ0n) is 13.1. The van der Waals surface area contributed by atoms with Crippen LogP contribution in [0.25, 0.3) is 0 Å². The fourth-order valence-corrected chi connectivity index (χ4v) is 2.64. The minimum Gasteiger partial charge on any atom is -0.497 e. The highest BCUT2D eigenvalue weighted by Crippen LogP contribution is 2.12. The number of nitrogens with one attached hydrogen (secondary N) is 2. The lowest BCUT2D eigenvalue weighted by molar-refractivity contribution is 0.414. The first-order valence-corrected chi connectivity index (χ1v) is 8.35. The first-order chi connectivity index (χ1) is 11.2. The molecule has 0 radical (unpaired) electrons. The van der Waals surface area contributed by atoms with Crippen molar-refractivity contribution in [3.63, 3.8) is 0 Å². The van der Waals surface area contributed by atoms with Gasteiger partial charge in [-0.1, -0.05) is 35.9 Å². The monoisotopic (exact) mass is 348 g/mol. The van der Waals surface area contributed by atoms with Crippen LogP contribution in [0, 0.1) is 0 Å². The first kappa shape index (κ1) is 17.6. The molecule has 0 saturated carbocycles. The maximum atomic E-state index is 5.97. The number of benzene rings is 2. The van der Waals surface area contributed by atoms with Gasteiger partial charge in [0.2, 0.25) is 0 Å². The third-order valence-corrected chi connectivity index (χ3v) is 3.95. The van der Waals surface area contributed by atoms with Crippen LogP contribution in [0.1, 0.15) is 11.1 Å². The Balaban J connectivity index is 1.65. The molecule has 0 aliphatic carbocycles. The Hall–Kier alpha value is -1.78. The first-order valence-electron chi connectivity index (χ1n) is 7.56. The van der Waals surface area contributed by atoms with Crippen molar-refractivity contribution in [1.82, 2.24) is 10.6 Å². The van der Waals surface area contributed by atoms with Gasteiger partial charge in [0.25, 0.3) is 0 Å². The van der Waals surface area contributed by atoms with Crippen LogP contribution in [-0.2, 0) is 12.8 Å². The third-order valence-electron chi connectivity index (χ3n) is 3.42. The molecule has 122 valence electrons. The molecule has 0 heterocycles. The fourth-order valence-electron chi connectivity index (χ4n) is 2.22. The largest absolute Gasteiger partial charge is 0.497 e. The van der Waals surface area contributed by atoms with Crippen LogP contribution in [0.5, 0.6) is 5.75 Å². The number of thiocarbonyl (C=S) groups is 1. The smallest absolute Gasteiger partial charge is 0.166 e. The molecule has 0 amide bonds. The molecule has 23 heavy (non-hydrogen) atoms. The van der Waals surface area contributed by atoms with Crippen LogP contribution >= 0.6 is 23.8 Å². The second-order valence-electron chi connectivity index (χ2n) is 5.16. The number of rotatable bonds is 7. The van der Waals surface area contributed by atoms with E-state index in [1.165, 1.54) is 11.1 Å². The number of methoxy groups -OCH3 is 1. The highest BCUT2D eigenvalue weighted by atomic mass is 35.5. The van der Waals surface area contributed by atoms with Crippen LogP contribution in [-0.4, -0.2) is 25.3 Å². The second-order valence-corrected chi connectivity index (χ2v) is 6.01. The minimum absolute atomic E-state index is 0.676. The lowest BCUT2D eigenvalue weighted by Gasteiger charge is -2.11. The van der Waals surface area contributed by atoms with Gasteiger partial charge in [0.15, 0.2) is 5.11 Å². The summed E-state index contributed by atoms with van der Waals surface area (Å²) in [5, 5.41) is 7.87. The molecule has 0 unspecified atom stereocenters. The summed E-state index contributed by atoms with van der Waals surface area (Å²) in [5.74, 6) is 0.879. The zero-order chi connectivity index (χ0) is 16.5. The standard InChI is InChI=1S/C18H21ClN2OS/c1-22-17-7-3-5-15(13-17)9-11-21-18(23)20-10-8-14-4-2-6-16(19)12-14/h2-7,12-13H,8-11H2,1H3,(H2,20,21,23). The molecule has 2 aromatic carbocycles. The predicted molar refractivity (Wildman–Crippen MR) is 100 cm³/mol. The molecule has 2 N–H and O–H groups in total. The van der Waals surface area contributed by atoms with Gasteiger partial charge in [-0.2, -0.15) is 0 Å². The molecule has 0 spiro atoms. The van der Waals surface area contributed by atoms with Crippen molar-refractivity contribution in [2.75, 3.05) is 20.2 Å². The number of halogens is 1. The van der Waals surface area contributed by atoms with E-state index in [9.17, 15) is 0 Å². The van der Waals surface area contributed by atoms with Crippen LogP contribution in [0.3, 0.4) is 0 Å². The summed E-state index contributed by atoms with van der Waals surface area (Å²) in [5.41, 5.74) is 2.42. The molecule has 0 atom stereocenters. The molecule has 0 aliphatic rings. The highest BCUT2D eigenvalue weighted by molar-refractivity contribution is 7.80. The normalized spacial score (nSPS) is 10.2. The lowest BCUT2D eigenvalue weighted by Crippen LogP contribution is -2.37. The molecule has 3 nitrogen and oxygen atoms in total. The number of hydrogen-bond acceptors (Lipinski definition) is 2. The van der Waals surface area contributed by atoms with Gasteiger partial charge >= 0.3 is 0 Å². The van der Waals surface area contributed by atoms with Crippen molar-refractivity contribution in [3.8, 4) is 5.75 Å². The van der Waals surface area contributed by atoms with Crippen LogP contribution < -0.4 is 15.4 Å². The summed E-state index contributed by atoms with van der Waals surface area (Å²) in [4.78, 5) is 0. The lowest BCUT2D eigenvalue weighted by atomic mass is 10.1. The van der Waals surface area contributed by atoms with E-state index >= 15 is 0 Å². The Morgan fingerprint density at radius 3 is 2.22 bits per heavy atom. The van der Waals surface area contributed by atoms with Crippen molar-refractivity contribution < 1.29 is 4.74 Å². The maximum absolute atomic E-state index is 5.97. The van der Waals surface area contributed by atoms with E-state index in [2.05, 4.69) is 22.8 Å². The van der Waals surface area contributed by atoms with Gasteiger partial charge in [-0.15, -0.1) is 0 Å². The van der Waals surface area contributed by atoms with E-state index in [0.29, 0.717) is 5.11 Å². The second kappa shape index (κ2) is 9.38. The highest BCUT2D eigenvalue weighted by Gasteiger charge is 1.99.